The molecule has 0 radical (unpaired) electrons. The van der Waals surface area contributed by atoms with E-state index in [1.807, 2.05) is 0 Å². The predicted octanol–water partition coefficient (Wildman–Crippen LogP) is -1.42. The summed E-state index contributed by atoms with van der Waals surface area (Å²) in [6, 6.07) is 0. The third-order valence-corrected chi connectivity index (χ3v) is 3.44. The Morgan fingerprint density at radius 2 is 1.94 bits per heavy atom. The summed E-state index contributed by atoms with van der Waals surface area (Å²) < 4.78 is 23.9. The molecule has 1 aliphatic heterocycles. The Bertz CT molecular complexity index is 302. The first kappa shape index (κ1) is 14.8. The Kier molecular flexibility index (Phi) is 6.35. The van der Waals surface area contributed by atoms with E-state index in [0.29, 0.717) is 26.2 Å². The largest absolute Gasteiger partial charge is 0.390 e. The molecule has 0 aromatic heterocycles. The van der Waals surface area contributed by atoms with Gasteiger partial charge in [0, 0.05) is 26.2 Å². The number of aliphatic hydroxyl groups is 1. The first-order valence-electron chi connectivity index (χ1n) is 6.03. The van der Waals surface area contributed by atoms with Gasteiger partial charge in [0.25, 0.3) is 0 Å². The van der Waals surface area contributed by atoms with Crippen molar-refractivity contribution in [3.63, 3.8) is 0 Å². The maximum Gasteiger partial charge on any atom is 0.208 e. The van der Waals surface area contributed by atoms with E-state index in [9.17, 15) is 13.5 Å². The van der Waals surface area contributed by atoms with Crippen molar-refractivity contribution in [2.45, 2.75) is 18.9 Å². The van der Waals surface area contributed by atoms with Crippen LogP contribution in [0, 0.1) is 0 Å². The van der Waals surface area contributed by atoms with E-state index >= 15 is 0 Å². The van der Waals surface area contributed by atoms with E-state index in [1.165, 1.54) is 12.8 Å². The third kappa shape index (κ3) is 7.67. The van der Waals surface area contributed by atoms with Crippen LogP contribution in [-0.4, -0.2) is 70.1 Å². The van der Waals surface area contributed by atoms with E-state index in [1.54, 1.807) is 0 Å². The van der Waals surface area contributed by atoms with E-state index in [2.05, 4.69) is 14.9 Å². The molecule has 1 unspecified atom stereocenters. The second-order valence-corrected chi connectivity index (χ2v) is 6.37. The molecule has 0 bridgehead atoms. The lowest BCUT2D eigenvalue weighted by Gasteiger charge is -2.19. The second kappa shape index (κ2) is 7.27. The van der Waals surface area contributed by atoms with Crippen molar-refractivity contribution in [2.75, 3.05) is 45.5 Å². The summed E-state index contributed by atoms with van der Waals surface area (Å²) >= 11 is 0. The fraction of sp³-hybridized carbons (Fsp3) is 1.00. The van der Waals surface area contributed by atoms with Crippen LogP contribution in [0.15, 0.2) is 0 Å². The van der Waals surface area contributed by atoms with Crippen LogP contribution in [-0.2, 0) is 10.0 Å². The molecule has 1 fully saturated rings. The van der Waals surface area contributed by atoms with Gasteiger partial charge in [-0.3, -0.25) is 0 Å². The van der Waals surface area contributed by atoms with Crippen LogP contribution in [0.2, 0.25) is 0 Å². The smallest absolute Gasteiger partial charge is 0.208 e. The summed E-state index contributed by atoms with van der Waals surface area (Å²) in [7, 11) is -3.10. The van der Waals surface area contributed by atoms with E-state index < -0.39 is 10.0 Å². The Morgan fingerprint density at radius 3 is 2.53 bits per heavy atom. The Hall–Kier alpha value is -0.210. The lowest BCUT2D eigenvalue weighted by molar-refractivity contribution is 0.124. The summed E-state index contributed by atoms with van der Waals surface area (Å²) in [5, 5.41) is 12.8. The van der Waals surface area contributed by atoms with E-state index in [4.69, 9.17) is 0 Å². The highest BCUT2D eigenvalue weighted by atomic mass is 32.2. The molecule has 3 N–H and O–H groups in total. The third-order valence-electron chi connectivity index (χ3n) is 2.71. The highest BCUT2D eigenvalue weighted by molar-refractivity contribution is 7.88. The molecule has 17 heavy (non-hydrogen) atoms. The molecule has 0 aromatic rings. The molecule has 0 amide bonds. The SMILES string of the molecule is CS(=O)(=O)NCCNCC(O)CN1CCCC1. The highest BCUT2D eigenvalue weighted by Crippen LogP contribution is 2.07. The van der Waals surface area contributed by atoms with Gasteiger partial charge in [0.2, 0.25) is 10.0 Å². The number of nitrogens with one attached hydrogen (secondary N) is 2. The maximum atomic E-state index is 10.8. The fourth-order valence-corrected chi connectivity index (χ4v) is 2.39. The number of aliphatic hydroxyl groups excluding tert-OH is 1. The quantitative estimate of drug-likeness (QED) is 0.469. The average molecular weight is 265 g/mol. The molecule has 0 aliphatic carbocycles. The van der Waals surface area contributed by atoms with Crippen molar-refractivity contribution in [3.05, 3.63) is 0 Å². The minimum Gasteiger partial charge on any atom is -0.390 e. The molecule has 0 aromatic carbocycles. The van der Waals surface area contributed by atoms with Crippen molar-refractivity contribution in [2.24, 2.45) is 0 Å². The number of hydrogen-bond donors (Lipinski definition) is 3. The van der Waals surface area contributed by atoms with Crippen LogP contribution in [0.4, 0.5) is 0 Å². The number of nitrogens with zero attached hydrogens (tertiary/aromatic N) is 1. The van der Waals surface area contributed by atoms with E-state index in [0.717, 1.165) is 19.3 Å². The van der Waals surface area contributed by atoms with Gasteiger partial charge in [-0.05, 0) is 25.9 Å². The molecule has 1 aliphatic rings. The molecule has 1 heterocycles. The standard InChI is InChI=1S/C10H23N3O3S/c1-17(15,16)12-5-4-11-8-10(14)9-13-6-2-3-7-13/h10-12,14H,2-9H2,1H3. The number of hydrogen-bond acceptors (Lipinski definition) is 5. The number of β-amino-alcohol motifs (C(OH)–C–C–N with tert-alkyl or cyclic N) is 1. The lowest BCUT2D eigenvalue weighted by Crippen LogP contribution is -2.39. The number of sulfonamides is 1. The summed E-state index contributed by atoms with van der Waals surface area (Å²) in [6.45, 7) is 4.24. The average Bonchev–Trinajstić information content (AvgIpc) is 2.68. The van der Waals surface area contributed by atoms with Crippen molar-refractivity contribution >= 4 is 10.0 Å². The van der Waals surface area contributed by atoms with Gasteiger partial charge in [0.15, 0.2) is 0 Å². The normalized spacial score (nSPS) is 19.6. The first-order valence-corrected chi connectivity index (χ1v) is 7.92. The van der Waals surface area contributed by atoms with Gasteiger partial charge in [-0.2, -0.15) is 0 Å². The van der Waals surface area contributed by atoms with Crippen LogP contribution in [0.25, 0.3) is 0 Å². The van der Waals surface area contributed by atoms with Gasteiger partial charge < -0.3 is 15.3 Å². The fourth-order valence-electron chi connectivity index (χ4n) is 1.92. The second-order valence-electron chi connectivity index (χ2n) is 4.53. The molecule has 1 rings (SSSR count). The molecule has 6 nitrogen and oxygen atoms in total. The zero-order valence-corrected chi connectivity index (χ0v) is 11.2. The summed E-state index contributed by atoms with van der Waals surface area (Å²) in [5.74, 6) is 0. The molecule has 0 spiro atoms. The molecule has 1 saturated heterocycles. The van der Waals surface area contributed by atoms with Crippen molar-refractivity contribution in [1.29, 1.82) is 0 Å². The summed E-state index contributed by atoms with van der Waals surface area (Å²) in [4.78, 5) is 2.25. The Labute approximate surface area is 103 Å². The van der Waals surface area contributed by atoms with Crippen molar-refractivity contribution in [3.8, 4) is 0 Å². The monoisotopic (exact) mass is 265 g/mol. The van der Waals surface area contributed by atoms with Gasteiger partial charge in [-0.15, -0.1) is 0 Å². The van der Waals surface area contributed by atoms with Crippen LogP contribution in [0.5, 0.6) is 0 Å². The number of likely N-dealkylation sites (tertiary alicyclic amines) is 1. The first-order chi connectivity index (χ1) is 7.97. The van der Waals surface area contributed by atoms with Gasteiger partial charge in [0.05, 0.1) is 12.4 Å². The molecular formula is C10H23N3O3S. The zero-order chi connectivity index (χ0) is 12.7. The molecule has 1 atom stereocenters. The summed E-state index contributed by atoms with van der Waals surface area (Å²) in [5.41, 5.74) is 0. The molecule has 7 heteroatoms. The maximum absolute atomic E-state index is 10.8. The van der Waals surface area contributed by atoms with Gasteiger partial charge in [-0.25, -0.2) is 13.1 Å². The van der Waals surface area contributed by atoms with Crippen molar-refractivity contribution in [1.82, 2.24) is 14.9 Å². The van der Waals surface area contributed by atoms with Gasteiger partial charge >= 0.3 is 0 Å². The number of rotatable bonds is 8. The predicted molar refractivity (Wildman–Crippen MR) is 67.4 cm³/mol. The lowest BCUT2D eigenvalue weighted by atomic mass is 10.3. The zero-order valence-electron chi connectivity index (χ0n) is 10.4. The minimum absolute atomic E-state index is 0.356. The van der Waals surface area contributed by atoms with Crippen molar-refractivity contribution < 1.29 is 13.5 Å². The molecule has 102 valence electrons. The van der Waals surface area contributed by atoms with Crippen LogP contribution in [0.3, 0.4) is 0 Å². The Balaban J connectivity index is 1.98. The summed E-state index contributed by atoms with van der Waals surface area (Å²) in [6.07, 6.45) is 3.19. The molecule has 0 saturated carbocycles. The minimum atomic E-state index is -3.10. The van der Waals surface area contributed by atoms with Crippen LogP contribution in [0.1, 0.15) is 12.8 Å². The van der Waals surface area contributed by atoms with Gasteiger partial charge in [-0.1, -0.05) is 0 Å². The highest BCUT2D eigenvalue weighted by Gasteiger charge is 2.15. The van der Waals surface area contributed by atoms with Crippen LogP contribution < -0.4 is 10.0 Å². The molecular weight excluding hydrogens is 242 g/mol. The Morgan fingerprint density at radius 1 is 1.29 bits per heavy atom. The van der Waals surface area contributed by atoms with Crippen LogP contribution >= 0.6 is 0 Å². The van der Waals surface area contributed by atoms with E-state index in [-0.39, 0.29) is 6.10 Å². The van der Waals surface area contributed by atoms with Gasteiger partial charge in [0.1, 0.15) is 0 Å². The topological polar surface area (TPSA) is 81.7 Å².